The zero-order valence-electron chi connectivity index (χ0n) is 11.3. The standard InChI is InChI=1S/C12H16BrFN2O3S/c1-12(2,16-20(3,18)19)7-15-11(17)8-5-4-6-9(13)10(8)14/h4-6,16H,7H2,1-3H3,(H,15,17). The van der Waals surface area contributed by atoms with E-state index in [2.05, 4.69) is 26.0 Å². The molecule has 0 unspecified atom stereocenters. The first-order valence-electron chi connectivity index (χ1n) is 5.73. The van der Waals surface area contributed by atoms with Crippen LogP contribution in [-0.2, 0) is 10.0 Å². The first kappa shape index (κ1) is 17.1. The summed E-state index contributed by atoms with van der Waals surface area (Å²) in [5, 5.41) is 2.50. The van der Waals surface area contributed by atoms with Crippen LogP contribution >= 0.6 is 15.9 Å². The molecule has 1 rings (SSSR count). The number of nitrogens with one attached hydrogen (secondary N) is 2. The molecular weight excluding hydrogens is 351 g/mol. The molecule has 1 amide bonds. The Hall–Kier alpha value is -0.990. The molecule has 0 radical (unpaired) electrons. The van der Waals surface area contributed by atoms with Gasteiger partial charge in [-0.2, -0.15) is 0 Å². The number of hydrogen-bond donors (Lipinski definition) is 2. The van der Waals surface area contributed by atoms with Crippen LogP contribution in [0.15, 0.2) is 22.7 Å². The summed E-state index contributed by atoms with van der Waals surface area (Å²) < 4.78 is 38.6. The van der Waals surface area contributed by atoms with Crippen molar-refractivity contribution >= 4 is 31.9 Å². The van der Waals surface area contributed by atoms with Crippen molar-refractivity contribution in [2.24, 2.45) is 0 Å². The van der Waals surface area contributed by atoms with Crippen LogP contribution in [0.3, 0.4) is 0 Å². The number of benzene rings is 1. The zero-order chi connectivity index (χ0) is 15.6. The van der Waals surface area contributed by atoms with E-state index in [0.717, 1.165) is 6.26 Å². The molecule has 0 saturated heterocycles. The SMILES string of the molecule is CC(C)(CNC(=O)c1cccc(Br)c1F)NS(C)(=O)=O. The van der Waals surface area contributed by atoms with Gasteiger partial charge in [-0.05, 0) is 41.9 Å². The minimum atomic E-state index is -3.39. The van der Waals surface area contributed by atoms with Crippen LogP contribution in [0.1, 0.15) is 24.2 Å². The summed E-state index contributed by atoms with van der Waals surface area (Å²) >= 11 is 3.00. The van der Waals surface area contributed by atoms with Gasteiger partial charge in [0.15, 0.2) is 0 Å². The fraction of sp³-hybridized carbons (Fsp3) is 0.417. The Labute approximate surface area is 126 Å². The van der Waals surface area contributed by atoms with E-state index in [4.69, 9.17) is 0 Å². The number of carbonyl (C=O) groups is 1. The first-order valence-corrected chi connectivity index (χ1v) is 8.41. The highest BCUT2D eigenvalue weighted by Gasteiger charge is 2.23. The van der Waals surface area contributed by atoms with Crippen LogP contribution in [-0.4, -0.2) is 32.7 Å². The zero-order valence-corrected chi connectivity index (χ0v) is 13.7. The van der Waals surface area contributed by atoms with E-state index in [0.29, 0.717) is 0 Å². The van der Waals surface area contributed by atoms with E-state index in [-0.39, 0.29) is 16.6 Å². The monoisotopic (exact) mass is 366 g/mol. The predicted molar refractivity (Wildman–Crippen MR) is 78.5 cm³/mol. The van der Waals surface area contributed by atoms with Crippen molar-refractivity contribution in [1.82, 2.24) is 10.0 Å². The predicted octanol–water partition coefficient (Wildman–Crippen LogP) is 1.65. The minimum absolute atomic E-state index is 0.0326. The van der Waals surface area contributed by atoms with E-state index in [1.165, 1.54) is 12.1 Å². The maximum Gasteiger partial charge on any atom is 0.254 e. The van der Waals surface area contributed by atoms with Crippen LogP contribution in [0, 0.1) is 5.82 Å². The van der Waals surface area contributed by atoms with Crippen molar-refractivity contribution in [2.75, 3.05) is 12.8 Å². The average molecular weight is 367 g/mol. The third-order valence-corrected chi connectivity index (χ3v) is 3.88. The van der Waals surface area contributed by atoms with Gasteiger partial charge in [0.05, 0.1) is 16.3 Å². The second-order valence-corrected chi connectivity index (χ2v) is 7.64. The molecule has 2 N–H and O–H groups in total. The van der Waals surface area contributed by atoms with Gasteiger partial charge in [-0.25, -0.2) is 17.5 Å². The normalized spacial score (nSPS) is 12.2. The molecule has 20 heavy (non-hydrogen) atoms. The Morgan fingerprint density at radius 1 is 1.40 bits per heavy atom. The van der Waals surface area contributed by atoms with Crippen LogP contribution in [0.25, 0.3) is 0 Å². The van der Waals surface area contributed by atoms with Crippen LogP contribution < -0.4 is 10.0 Å². The summed E-state index contributed by atoms with van der Waals surface area (Å²) in [4.78, 5) is 11.9. The van der Waals surface area contributed by atoms with Gasteiger partial charge in [0.25, 0.3) is 5.91 Å². The van der Waals surface area contributed by atoms with Gasteiger partial charge in [-0.1, -0.05) is 6.07 Å². The third kappa shape index (κ3) is 5.18. The molecule has 1 aromatic carbocycles. The summed E-state index contributed by atoms with van der Waals surface area (Å²) in [6.45, 7) is 3.27. The molecule has 112 valence electrons. The molecule has 0 bridgehead atoms. The maximum atomic E-state index is 13.7. The van der Waals surface area contributed by atoms with E-state index < -0.39 is 27.3 Å². The Kier molecular flexibility index (Phi) is 5.28. The van der Waals surface area contributed by atoms with Gasteiger partial charge in [-0.3, -0.25) is 4.79 Å². The number of amides is 1. The lowest BCUT2D eigenvalue weighted by molar-refractivity contribution is 0.0940. The topological polar surface area (TPSA) is 75.3 Å². The second-order valence-electron chi connectivity index (χ2n) is 5.04. The van der Waals surface area contributed by atoms with Crippen molar-refractivity contribution in [1.29, 1.82) is 0 Å². The second kappa shape index (κ2) is 6.19. The lowest BCUT2D eigenvalue weighted by Crippen LogP contribution is -2.51. The van der Waals surface area contributed by atoms with Crippen molar-refractivity contribution < 1.29 is 17.6 Å². The van der Waals surface area contributed by atoms with E-state index >= 15 is 0 Å². The highest BCUT2D eigenvalue weighted by atomic mass is 79.9. The fourth-order valence-electron chi connectivity index (χ4n) is 1.61. The smallest absolute Gasteiger partial charge is 0.254 e. The van der Waals surface area contributed by atoms with Gasteiger partial charge >= 0.3 is 0 Å². The van der Waals surface area contributed by atoms with Crippen molar-refractivity contribution in [3.63, 3.8) is 0 Å². The molecule has 0 saturated carbocycles. The molecule has 0 aliphatic carbocycles. The number of carbonyl (C=O) groups excluding carboxylic acids is 1. The van der Waals surface area contributed by atoms with Gasteiger partial charge in [0.2, 0.25) is 10.0 Å². The number of halogens is 2. The molecule has 1 aromatic rings. The summed E-state index contributed by atoms with van der Waals surface area (Å²) in [6, 6.07) is 4.38. The first-order chi connectivity index (χ1) is 9.02. The molecule has 0 aliphatic rings. The van der Waals surface area contributed by atoms with Crippen LogP contribution in [0.4, 0.5) is 4.39 Å². The Bertz CT molecular complexity index is 617. The Morgan fingerprint density at radius 3 is 2.55 bits per heavy atom. The van der Waals surface area contributed by atoms with Gasteiger partial charge in [-0.15, -0.1) is 0 Å². The quantitative estimate of drug-likeness (QED) is 0.831. The molecule has 0 aliphatic heterocycles. The van der Waals surface area contributed by atoms with Gasteiger partial charge < -0.3 is 5.32 Å². The molecule has 5 nitrogen and oxygen atoms in total. The van der Waals surface area contributed by atoms with E-state index in [1.807, 2.05) is 0 Å². The van der Waals surface area contributed by atoms with Crippen molar-refractivity contribution in [2.45, 2.75) is 19.4 Å². The highest BCUT2D eigenvalue weighted by molar-refractivity contribution is 9.10. The third-order valence-electron chi connectivity index (χ3n) is 2.35. The van der Waals surface area contributed by atoms with Crippen LogP contribution in [0.5, 0.6) is 0 Å². The largest absolute Gasteiger partial charge is 0.350 e. The molecule has 0 spiro atoms. The summed E-state index contributed by atoms with van der Waals surface area (Å²) in [5.74, 6) is -1.26. The van der Waals surface area contributed by atoms with E-state index in [1.54, 1.807) is 19.9 Å². The minimum Gasteiger partial charge on any atom is -0.350 e. The van der Waals surface area contributed by atoms with Gasteiger partial charge in [0.1, 0.15) is 5.82 Å². The molecule has 0 fully saturated rings. The number of rotatable bonds is 5. The summed E-state index contributed by atoms with van der Waals surface area (Å²) in [7, 11) is -3.39. The highest BCUT2D eigenvalue weighted by Crippen LogP contribution is 2.18. The number of sulfonamides is 1. The Balaban J connectivity index is 2.75. The molecule has 8 heteroatoms. The Morgan fingerprint density at radius 2 is 2.00 bits per heavy atom. The maximum absolute atomic E-state index is 13.7. The van der Waals surface area contributed by atoms with Gasteiger partial charge in [0, 0.05) is 12.1 Å². The fourth-order valence-corrected chi connectivity index (χ4v) is 3.06. The van der Waals surface area contributed by atoms with E-state index in [9.17, 15) is 17.6 Å². The van der Waals surface area contributed by atoms with Crippen molar-refractivity contribution in [3.05, 3.63) is 34.1 Å². The lowest BCUT2D eigenvalue weighted by Gasteiger charge is -2.25. The lowest BCUT2D eigenvalue weighted by atomic mass is 10.1. The van der Waals surface area contributed by atoms with Crippen LogP contribution in [0.2, 0.25) is 0 Å². The molecular formula is C12H16BrFN2O3S. The summed E-state index contributed by atoms with van der Waals surface area (Å²) in [6.07, 6.45) is 1.03. The molecule has 0 atom stereocenters. The molecule has 0 heterocycles. The average Bonchev–Trinajstić information content (AvgIpc) is 2.27. The number of hydrogen-bond acceptors (Lipinski definition) is 3. The van der Waals surface area contributed by atoms with Crippen molar-refractivity contribution in [3.8, 4) is 0 Å². The molecule has 0 aromatic heterocycles. The summed E-state index contributed by atoms with van der Waals surface area (Å²) in [5.41, 5.74) is -0.972.